The molecule has 0 aromatic carbocycles. The van der Waals surface area contributed by atoms with E-state index in [1.54, 1.807) is 0 Å². The van der Waals surface area contributed by atoms with Crippen molar-refractivity contribution >= 4 is 6.09 Å². The van der Waals surface area contributed by atoms with Crippen LogP contribution in [-0.4, -0.2) is 40.4 Å². The lowest BCUT2D eigenvalue weighted by molar-refractivity contribution is 0.132. The summed E-state index contributed by atoms with van der Waals surface area (Å²) in [5, 5.41) is 17.3. The Morgan fingerprint density at radius 3 is 2.91 bits per heavy atom. The van der Waals surface area contributed by atoms with Gasteiger partial charge in [0.1, 0.15) is 0 Å². The van der Waals surface area contributed by atoms with Gasteiger partial charge in [-0.2, -0.15) is 0 Å². The van der Waals surface area contributed by atoms with Crippen molar-refractivity contribution < 1.29 is 15.0 Å². The molecule has 2 N–H and O–H groups in total. The molecule has 0 aromatic heterocycles. The van der Waals surface area contributed by atoms with E-state index in [0.29, 0.717) is 13.0 Å². The number of hydrogen-bond acceptors (Lipinski definition) is 2. The summed E-state index contributed by atoms with van der Waals surface area (Å²) in [4.78, 5) is 11.9. The first-order chi connectivity index (χ1) is 5.25. The molecule has 4 nitrogen and oxygen atoms in total. The molecule has 1 saturated heterocycles. The van der Waals surface area contributed by atoms with E-state index in [4.69, 9.17) is 10.2 Å². The Hall–Kier alpha value is -0.770. The van der Waals surface area contributed by atoms with Crippen LogP contribution in [0, 0.1) is 0 Å². The molecule has 1 rings (SSSR count). The maximum atomic E-state index is 10.5. The van der Waals surface area contributed by atoms with Crippen molar-refractivity contribution in [3.63, 3.8) is 0 Å². The van der Waals surface area contributed by atoms with Crippen LogP contribution in [0.25, 0.3) is 0 Å². The van der Waals surface area contributed by atoms with E-state index in [2.05, 4.69) is 0 Å². The van der Waals surface area contributed by atoms with Crippen LogP contribution in [0.2, 0.25) is 0 Å². The van der Waals surface area contributed by atoms with E-state index < -0.39 is 6.09 Å². The van der Waals surface area contributed by atoms with Crippen molar-refractivity contribution in [1.29, 1.82) is 0 Å². The third kappa shape index (κ3) is 1.83. The highest BCUT2D eigenvalue weighted by atomic mass is 16.4. The van der Waals surface area contributed by atoms with Gasteiger partial charge >= 0.3 is 6.09 Å². The molecule has 0 radical (unpaired) electrons. The molecule has 1 unspecified atom stereocenters. The number of nitrogens with zero attached hydrogens (tertiary/aromatic N) is 1. The summed E-state index contributed by atoms with van der Waals surface area (Å²) in [5.74, 6) is 0. The second-order valence-corrected chi connectivity index (χ2v) is 2.78. The zero-order valence-electron chi connectivity index (χ0n) is 6.36. The minimum atomic E-state index is -0.860. The van der Waals surface area contributed by atoms with Gasteiger partial charge in [0, 0.05) is 19.2 Å². The van der Waals surface area contributed by atoms with E-state index in [1.807, 2.05) is 0 Å². The zero-order chi connectivity index (χ0) is 8.27. The molecule has 1 fully saturated rings. The summed E-state index contributed by atoms with van der Waals surface area (Å²) in [6.07, 6.45) is 1.54. The normalized spacial score (nSPS) is 24.1. The predicted octanol–water partition coefficient (Wildman–Crippen LogP) is 0.511. The molecule has 1 atom stereocenters. The molecule has 64 valence electrons. The smallest absolute Gasteiger partial charge is 0.407 e. The molecular weight excluding hydrogens is 146 g/mol. The molecule has 4 heteroatoms. The average Bonchev–Trinajstić information content (AvgIpc) is 2.36. The lowest BCUT2D eigenvalue weighted by Crippen LogP contribution is -2.34. The lowest BCUT2D eigenvalue weighted by Gasteiger charge is -2.19. The molecule has 0 aliphatic carbocycles. The summed E-state index contributed by atoms with van der Waals surface area (Å²) < 4.78 is 0. The fourth-order valence-electron chi connectivity index (χ4n) is 1.54. The quantitative estimate of drug-likeness (QED) is 0.617. The number of amides is 1. The van der Waals surface area contributed by atoms with E-state index in [0.717, 1.165) is 12.8 Å². The van der Waals surface area contributed by atoms with Gasteiger partial charge in [0.05, 0.1) is 0 Å². The minimum absolute atomic E-state index is 0.0532. The van der Waals surface area contributed by atoms with Gasteiger partial charge in [0.2, 0.25) is 0 Å². The summed E-state index contributed by atoms with van der Waals surface area (Å²) >= 11 is 0. The Balaban J connectivity index is 2.44. The second-order valence-electron chi connectivity index (χ2n) is 2.78. The number of aliphatic hydroxyl groups is 1. The van der Waals surface area contributed by atoms with Crippen LogP contribution in [0.5, 0.6) is 0 Å². The van der Waals surface area contributed by atoms with Crippen LogP contribution < -0.4 is 0 Å². The Morgan fingerprint density at radius 1 is 1.64 bits per heavy atom. The Kier molecular flexibility index (Phi) is 2.70. The van der Waals surface area contributed by atoms with Crippen LogP contribution in [0.3, 0.4) is 0 Å². The SMILES string of the molecule is O=C(O)N1CCCC1CCO. The third-order valence-electron chi connectivity index (χ3n) is 2.09. The minimum Gasteiger partial charge on any atom is -0.465 e. The molecule has 0 aromatic rings. The summed E-state index contributed by atoms with van der Waals surface area (Å²) in [6.45, 7) is 0.703. The number of hydrogen-bond donors (Lipinski definition) is 2. The molecule has 0 spiro atoms. The summed E-state index contributed by atoms with van der Waals surface area (Å²) in [7, 11) is 0. The van der Waals surface area contributed by atoms with E-state index in [1.165, 1.54) is 4.90 Å². The fourth-order valence-corrected chi connectivity index (χ4v) is 1.54. The van der Waals surface area contributed by atoms with E-state index in [9.17, 15) is 4.79 Å². The highest BCUT2D eigenvalue weighted by molar-refractivity contribution is 5.65. The molecule has 1 aliphatic heterocycles. The van der Waals surface area contributed by atoms with Crippen molar-refractivity contribution in [2.75, 3.05) is 13.2 Å². The van der Waals surface area contributed by atoms with Crippen LogP contribution in [0.1, 0.15) is 19.3 Å². The zero-order valence-corrected chi connectivity index (χ0v) is 6.36. The number of rotatable bonds is 2. The topological polar surface area (TPSA) is 60.8 Å². The molecule has 0 saturated carbocycles. The number of carboxylic acid groups (broad SMARTS) is 1. The van der Waals surface area contributed by atoms with Gasteiger partial charge in [0.25, 0.3) is 0 Å². The van der Waals surface area contributed by atoms with E-state index in [-0.39, 0.29) is 12.6 Å². The van der Waals surface area contributed by atoms with Gasteiger partial charge in [-0.25, -0.2) is 4.79 Å². The van der Waals surface area contributed by atoms with Crippen molar-refractivity contribution in [2.45, 2.75) is 25.3 Å². The van der Waals surface area contributed by atoms with Gasteiger partial charge < -0.3 is 15.1 Å². The first-order valence-electron chi connectivity index (χ1n) is 3.86. The highest BCUT2D eigenvalue weighted by Crippen LogP contribution is 2.19. The van der Waals surface area contributed by atoms with Gasteiger partial charge in [0.15, 0.2) is 0 Å². The Labute approximate surface area is 65.4 Å². The van der Waals surface area contributed by atoms with Crippen molar-refractivity contribution in [3.05, 3.63) is 0 Å². The fraction of sp³-hybridized carbons (Fsp3) is 0.857. The maximum absolute atomic E-state index is 10.5. The lowest BCUT2D eigenvalue weighted by atomic mass is 10.1. The number of carbonyl (C=O) groups is 1. The first-order valence-corrected chi connectivity index (χ1v) is 3.86. The van der Waals surface area contributed by atoms with Gasteiger partial charge in [-0.1, -0.05) is 0 Å². The Morgan fingerprint density at radius 2 is 2.36 bits per heavy atom. The molecule has 11 heavy (non-hydrogen) atoms. The van der Waals surface area contributed by atoms with Crippen LogP contribution in [0.4, 0.5) is 4.79 Å². The van der Waals surface area contributed by atoms with Crippen LogP contribution in [-0.2, 0) is 0 Å². The van der Waals surface area contributed by atoms with E-state index >= 15 is 0 Å². The van der Waals surface area contributed by atoms with Crippen LogP contribution in [0.15, 0.2) is 0 Å². The molecule has 0 bridgehead atoms. The van der Waals surface area contributed by atoms with Gasteiger partial charge in [-0.3, -0.25) is 0 Å². The summed E-state index contributed by atoms with van der Waals surface area (Å²) in [6, 6.07) is 0.0532. The average molecular weight is 159 g/mol. The van der Waals surface area contributed by atoms with Gasteiger partial charge in [-0.05, 0) is 19.3 Å². The molecular formula is C7H13NO3. The summed E-state index contributed by atoms with van der Waals surface area (Å²) in [5.41, 5.74) is 0. The first kappa shape index (κ1) is 8.33. The van der Waals surface area contributed by atoms with Crippen molar-refractivity contribution in [3.8, 4) is 0 Å². The predicted molar refractivity (Wildman–Crippen MR) is 39.5 cm³/mol. The molecule has 1 heterocycles. The van der Waals surface area contributed by atoms with Crippen molar-refractivity contribution in [1.82, 2.24) is 4.90 Å². The number of likely N-dealkylation sites (tertiary alicyclic amines) is 1. The van der Waals surface area contributed by atoms with Crippen LogP contribution >= 0.6 is 0 Å². The largest absolute Gasteiger partial charge is 0.465 e. The number of aliphatic hydroxyl groups excluding tert-OH is 1. The standard InChI is InChI=1S/C7H13NO3/c9-5-3-6-2-1-4-8(6)7(10)11/h6,9H,1-5H2,(H,10,11). The highest BCUT2D eigenvalue weighted by Gasteiger charge is 2.27. The Bertz CT molecular complexity index is 149. The van der Waals surface area contributed by atoms with Gasteiger partial charge in [-0.15, -0.1) is 0 Å². The second kappa shape index (κ2) is 3.57. The molecule has 1 amide bonds. The monoisotopic (exact) mass is 159 g/mol. The molecule has 1 aliphatic rings. The van der Waals surface area contributed by atoms with Crippen molar-refractivity contribution in [2.24, 2.45) is 0 Å². The third-order valence-corrected chi connectivity index (χ3v) is 2.09. The maximum Gasteiger partial charge on any atom is 0.407 e.